The summed E-state index contributed by atoms with van der Waals surface area (Å²) >= 11 is 6.05. The number of halogens is 2. The predicted octanol–water partition coefficient (Wildman–Crippen LogP) is 1.11. The standard InChI is InChI=1S/C16H13ClN2.ClH/c17-11-6-7-13-14(10-11)15(18)8-9-16(13)19-12-4-2-1-3-5-12;/h1-10,19H,18H2;1H. The molecule has 0 unspecified atom stereocenters. The molecule has 0 aliphatic heterocycles. The second kappa shape index (κ2) is 6.14. The minimum atomic E-state index is 0. The van der Waals surface area contributed by atoms with Gasteiger partial charge in [-0.05, 0) is 30.3 Å². The highest BCUT2D eigenvalue weighted by atomic mass is 35.5. The quantitative estimate of drug-likeness (QED) is 0.732. The molecule has 3 aromatic carbocycles. The van der Waals surface area contributed by atoms with Gasteiger partial charge in [-0.2, -0.15) is 0 Å². The van der Waals surface area contributed by atoms with E-state index in [4.69, 9.17) is 11.6 Å². The molecule has 0 aliphatic rings. The maximum absolute atomic E-state index is 6.05. The van der Waals surface area contributed by atoms with E-state index in [9.17, 15) is 0 Å². The van der Waals surface area contributed by atoms with E-state index in [2.05, 4.69) is 11.1 Å². The molecular formula is C16H14Cl2N2. The number of rotatable bonds is 2. The summed E-state index contributed by atoms with van der Waals surface area (Å²) in [5, 5.41) is 6.36. The van der Waals surface area contributed by atoms with Gasteiger partial charge in [-0.25, -0.2) is 0 Å². The molecule has 0 aromatic heterocycles. The van der Waals surface area contributed by atoms with Gasteiger partial charge in [0.15, 0.2) is 0 Å². The van der Waals surface area contributed by atoms with Crippen molar-refractivity contribution in [1.82, 2.24) is 0 Å². The van der Waals surface area contributed by atoms with Crippen LogP contribution >= 0.6 is 11.6 Å². The van der Waals surface area contributed by atoms with Crippen molar-refractivity contribution in [2.24, 2.45) is 0 Å². The van der Waals surface area contributed by atoms with Gasteiger partial charge in [-0.1, -0.05) is 35.9 Å². The Balaban J connectivity index is 0.00000147. The van der Waals surface area contributed by atoms with Gasteiger partial charge in [0.2, 0.25) is 0 Å². The number of para-hydroxylation sites is 1. The van der Waals surface area contributed by atoms with Crippen LogP contribution in [0.4, 0.5) is 17.1 Å². The van der Waals surface area contributed by atoms with Crippen molar-refractivity contribution in [1.29, 1.82) is 0 Å². The second-order valence-electron chi connectivity index (χ2n) is 4.45. The molecule has 4 N–H and O–H groups in total. The van der Waals surface area contributed by atoms with Crippen molar-refractivity contribution < 1.29 is 18.1 Å². The Labute approximate surface area is 129 Å². The second-order valence-corrected chi connectivity index (χ2v) is 4.89. The monoisotopic (exact) mass is 304 g/mol. The fourth-order valence-electron chi connectivity index (χ4n) is 2.17. The fourth-order valence-corrected chi connectivity index (χ4v) is 2.34. The van der Waals surface area contributed by atoms with Crippen LogP contribution in [0.25, 0.3) is 10.8 Å². The molecule has 0 spiro atoms. The van der Waals surface area contributed by atoms with Crippen LogP contribution in [0.2, 0.25) is 5.02 Å². The summed E-state index contributed by atoms with van der Waals surface area (Å²) in [4.78, 5) is 0. The number of hydrogen-bond donors (Lipinski definition) is 2. The fraction of sp³-hybridized carbons (Fsp3) is 0. The summed E-state index contributed by atoms with van der Waals surface area (Å²) in [6.07, 6.45) is 0. The zero-order valence-corrected chi connectivity index (χ0v) is 12.2. The molecule has 0 fully saturated rings. The van der Waals surface area contributed by atoms with E-state index >= 15 is 0 Å². The first kappa shape index (κ1) is 14.7. The Morgan fingerprint density at radius 2 is 1.60 bits per heavy atom. The first-order valence-corrected chi connectivity index (χ1v) is 6.48. The van der Waals surface area contributed by atoms with Gasteiger partial charge in [0.1, 0.15) is 5.69 Å². The van der Waals surface area contributed by atoms with Gasteiger partial charge in [0, 0.05) is 33.2 Å². The smallest absolute Gasteiger partial charge is 0.136 e. The van der Waals surface area contributed by atoms with Crippen molar-refractivity contribution in [3.05, 3.63) is 65.7 Å². The summed E-state index contributed by atoms with van der Waals surface area (Å²) in [5.41, 5.74) is 7.16. The molecular weight excluding hydrogens is 291 g/mol. The molecule has 0 saturated heterocycles. The number of benzene rings is 3. The first-order valence-electron chi connectivity index (χ1n) is 6.10. The molecule has 0 aliphatic carbocycles. The highest BCUT2D eigenvalue weighted by molar-refractivity contribution is 6.31. The van der Waals surface area contributed by atoms with E-state index < -0.39 is 0 Å². The third-order valence-corrected chi connectivity index (χ3v) is 3.36. The highest BCUT2D eigenvalue weighted by Crippen LogP contribution is 2.31. The largest absolute Gasteiger partial charge is 1.00 e. The summed E-state index contributed by atoms with van der Waals surface area (Å²) in [7, 11) is 0. The van der Waals surface area contributed by atoms with Gasteiger partial charge in [-0.3, -0.25) is 0 Å². The van der Waals surface area contributed by atoms with Crippen LogP contribution in [0, 0.1) is 0 Å². The summed E-state index contributed by atoms with van der Waals surface area (Å²) in [6.45, 7) is 0. The maximum Gasteiger partial charge on any atom is 0.136 e. The minimum Gasteiger partial charge on any atom is -1.00 e. The Morgan fingerprint density at radius 3 is 2.35 bits per heavy atom. The Hall–Kier alpha value is -1.74. The summed E-state index contributed by atoms with van der Waals surface area (Å²) in [6, 6.07) is 20.0. The van der Waals surface area contributed by atoms with Crippen LogP contribution in [0.3, 0.4) is 0 Å². The number of anilines is 2. The lowest BCUT2D eigenvalue weighted by molar-refractivity contribution is -0.252. The molecule has 4 heteroatoms. The Kier molecular flexibility index (Phi) is 4.50. The molecule has 2 nitrogen and oxygen atoms in total. The van der Waals surface area contributed by atoms with Crippen LogP contribution < -0.4 is 23.5 Å². The SMILES string of the molecule is [Cl-].[NH3+]c1ccc(Nc2ccccc2)c2ccc(Cl)cc12. The molecule has 20 heavy (non-hydrogen) atoms. The lowest BCUT2D eigenvalue weighted by Crippen LogP contribution is -3.00. The van der Waals surface area contributed by atoms with Crippen LogP contribution in [0.1, 0.15) is 0 Å². The number of hydrogen-bond acceptors (Lipinski definition) is 1. The lowest BCUT2D eigenvalue weighted by atomic mass is 10.1. The van der Waals surface area contributed by atoms with Gasteiger partial charge < -0.3 is 23.5 Å². The molecule has 3 rings (SSSR count). The highest BCUT2D eigenvalue weighted by Gasteiger charge is 2.07. The van der Waals surface area contributed by atoms with E-state index in [0.29, 0.717) is 0 Å². The van der Waals surface area contributed by atoms with Crippen LogP contribution in [0.15, 0.2) is 60.7 Å². The molecule has 0 radical (unpaired) electrons. The molecule has 0 bridgehead atoms. The summed E-state index contributed by atoms with van der Waals surface area (Å²) in [5.74, 6) is 0. The average Bonchev–Trinajstić information content (AvgIpc) is 2.43. The number of nitrogens with one attached hydrogen (secondary N) is 1. The number of fused-ring (bicyclic) bond motifs is 1. The van der Waals surface area contributed by atoms with E-state index in [0.717, 1.165) is 32.9 Å². The van der Waals surface area contributed by atoms with E-state index in [-0.39, 0.29) is 12.4 Å². The van der Waals surface area contributed by atoms with Crippen molar-refractivity contribution >= 4 is 39.4 Å². The van der Waals surface area contributed by atoms with Crippen molar-refractivity contribution in [3.8, 4) is 0 Å². The van der Waals surface area contributed by atoms with Gasteiger partial charge in [-0.15, -0.1) is 0 Å². The zero-order chi connectivity index (χ0) is 13.2. The molecule has 0 heterocycles. The van der Waals surface area contributed by atoms with Gasteiger partial charge in [0.05, 0.1) is 0 Å². The van der Waals surface area contributed by atoms with Crippen LogP contribution in [-0.2, 0) is 0 Å². The van der Waals surface area contributed by atoms with Crippen LogP contribution in [0.5, 0.6) is 0 Å². The van der Waals surface area contributed by atoms with Crippen molar-refractivity contribution in [3.63, 3.8) is 0 Å². The molecule has 102 valence electrons. The molecule has 0 saturated carbocycles. The zero-order valence-electron chi connectivity index (χ0n) is 10.7. The van der Waals surface area contributed by atoms with E-state index in [1.165, 1.54) is 0 Å². The van der Waals surface area contributed by atoms with Gasteiger partial charge >= 0.3 is 0 Å². The molecule has 3 aromatic rings. The molecule has 0 amide bonds. The lowest BCUT2D eigenvalue weighted by Gasteiger charge is -2.10. The number of quaternary nitrogens is 1. The average molecular weight is 305 g/mol. The van der Waals surface area contributed by atoms with Crippen LogP contribution in [-0.4, -0.2) is 0 Å². The Morgan fingerprint density at radius 1 is 0.850 bits per heavy atom. The van der Waals surface area contributed by atoms with E-state index in [1.807, 2.05) is 60.7 Å². The van der Waals surface area contributed by atoms with Gasteiger partial charge in [0.25, 0.3) is 0 Å². The normalized spacial score (nSPS) is 10.1. The molecule has 0 atom stereocenters. The Bertz CT molecular complexity index is 727. The summed E-state index contributed by atoms with van der Waals surface area (Å²) < 4.78 is 0. The first-order chi connectivity index (χ1) is 9.24. The maximum atomic E-state index is 6.05. The van der Waals surface area contributed by atoms with Crippen molar-refractivity contribution in [2.75, 3.05) is 5.32 Å². The topological polar surface area (TPSA) is 39.7 Å². The third-order valence-electron chi connectivity index (χ3n) is 3.12. The van der Waals surface area contributed by atoms with Crippen molar-refractivity contribution in [2.45, 2.75) is 0 Å². The van der Waals surface area contributed by atoms with E-state index in [1.54, 1.807) is 0 Å². The third kappa shape index (κ3) is 2.88. The predicted molar refractivity (Wildman–Crippen MR) is 81.2 cm³/mol. The minimum absolute atomic E-state index is 0.